The number of hydrogen-bond acceptors (Lipinski definition) is 5. The van der Waals surface area contributed by atoms with Crippen LogP contribution in [0.5, 0.6) is 0 Å². The van der Waals surface area contributed by atoms with Crippen LogP contribution >= 0.6 is 0 Å². The van der Waals surface area contributed by atoms with Gasteiger partial charge in [0.2, 0.25) is 5.96 Å². The predicted octanol–water partition coefficient (Wildman–Crippen LogP) is 2.35. The maximum atomic E-state index is 13.0. The van der Waals surface area contributed by atoms with Crippen LogP contribution in [-0.4, -0.2) is 58.4 Å². The van der Waals surface area contributed by atoms with E-state index in [2.05, 4.69) is 12.1 Å². The zero-order chi connectivity index (χ0) is 18.6. The van der Waals surface area contributed by atoms with Crippen LogP contribution < -0.4 is 4.90 Å². The smallest absolute Gasteiger partial charge is 0.302 e. The molecule has 136 valence electrons. The van der Waals surface area contributed by atoms with E-state index in [4.69, 9.17) is 4.99 Å². The lowest BCUT2D eigenvalue weighted by molar-refractivity contribution is -0.136. The van der Waals surface area contributed by atoms with Crippen molar-refractivity contribution >= 4 is 23.6 Å². The van der Waals surface area contributed by atoms with Gasteiger partial charge in [-0.25, -0.2) is 9.79 Å². The summed E-state index contributed by atoms with van der Waals surface area (Å²) in [7, 11) is 1.72. The third-order valence-electron chi connectivity index (χ3n) is 5.13. The molecule has 1 aromatic rings. The number of likely N-dealkylation sites (N-methyl/N-ethyl adjacent to an activating group) is 1. The molecule has 3 amide bonds. The Morgan fingerprint density at radius 3 is 2.46 bits per heavy atom. The number of aliphatic imine (C=N–C) groups is 1. The summed E-state index contributed by atoms with van der Waals surface area (Å²) in [6, 6.07) is 7.42. The van der Waals surface area contributed by atoms with Gasteiger partial charge in [-0.15, -0.1) is 0 Å². The molecule has 3 aliphatic heterocycles. The van der Waals surface area contributed by atoms with E-state index in [1.54, 1.807) is 11.9 Å². The number of imide groups is 1. The standard InChI is InChI=1S/C19H23N5O2/c1-5-10-22-17(25)15-16(21(4)19(22)26)20-18-23(15)11-13(3)24(18)14-8-6-12(2)7-9-14/h6-9,11,15-16H,5,10H2,1-4H3. The van der Waals surface area contributed by atoms with Gasteiger partial charge in [0.25, 0.3) is 5.91 Å². The molecule has 0 bridgehead atoms. The maximum Gasteiger partial charge on any atom is 0.328 e. The number of guanidine groups is 1. The van der Waals surface area contributed by atoms with E-state index in [1.807, 2.05) is 48.9 Å². The van der Waals surface area contributed by atoms with Gasteiger partial charge in [0.05, 0.1) is 0 Å². The summed E-state index contributed by atoms with van der Waals surface area (Å²) < 4.78 is 0. The lowest BCUT2D eigenvalue weighted by Gasteiger charge is -2.40. The summed E-state index contributed by atoms with van der Waals surface area (Å²) in [5, 5.41) is 0. The summed E-state index contributed by atoms with van der Waals surface area (Å²) in [4.78, 5) is 37.2. The summed E-state index contributed by atoms with van der Waals surface area (Å²) in [6.45, 7) is 6.44. The SMILES string of the molecule is CCCN1C(=O)C2C(N=C3N(c4ccc(C)cc4)C(C)=CN32)N(C)C1=O. The van der Waals surface area contributed by atoms with E-state index in [9.17, 15) is 9.59 Å². The lowest BCUT2D eigenvalue weighted by atomic mass is 10.1. The number of allylic oxidation sites excluding steroid dienone is 1. The van der Waals surface area contributed by atoms with Crippen LogP contribution in [0.25, 0.3) is 0 Å². The van der Waals surface area contributed by atoms with E-state index in [0.29, 0.717) is 12.5 Å². The fourth-order valence-corrected chi connectivity index (χ4v) is 3.80. The fraction of sp³-hybridized carbons (Fsp3) is 0.421. The number of anilines is 1. The van der Waals surface area contributed by atoms with Crippen LogP contribution in [0.2, 0.25) is 0 Å². The summed E-state index contributed by atoms with van der Waals surface area (Å²) in [6.07, 6.45) is 2.20. The minimum absolute atomic E-state index is 0.173. The molecular formula is C19H23N5O2. The second kappa shape index (κ2) is 5.86. The molecule has 0 N–H and O–H groups in total. The molecule has 3 aliphatic rings. The topological polar surface area (TPSA) is 59.5 Å². The zero-order valence-electron chi connectivity index (χ0n) is 15.5. The van der Waals surface area contributed by atoms with Gasteiger partial charge < -0.3 is 9.80 Å². The average molecular weight is 353 g/mol. The molecule has 0 saturated carbocycles. The van der Waals surface area contributed by atoms with Crippen LogP contribution in [0.1, 0.15) is 25.8 Å². The minimum Gasteiger partial charge on any atom is -0.302 e. The molecule has 2 unspecified atom stereocenters. The van der Waals surface area contributed by atoms with Crippen LogP contribution in [0.3, 0.4) is 0 Å². The molecule has 4 rings (SSSR count). The Morgan fingerprint density at radius 2 is 1.81 bits per heavy atom. The number of rotatable bonds is 3. The van der Waals surface area contributed by atoms with E-state index in [0.717, 1.165) is 17.8 Å². The van der Waals surface area contributed by atoms with Gasteiger partial charge in [0.1, 0.15) is 0 Å². The maximum absolute atomic E-state index is 13.0. The summed E-state index contributed by atoms with van der Waals surface area (Å²) in [5.41, 5.74) is 3.18. The van der Waals surface area contributed by atoms with Crippen molar-refractivity contribution in [2.24, 2.45) is 4.99 Å². The highest BCUT2D eigenvalue weighted by molar-refractivity contribution is 6.09. The third-order valence-corrected chi connectivity index (χ3v) is 5.13. The third kappa shape index (κ3) is 2.23. The molecule has 1 saturated heterocycles. The highest BCUT2D eigenvalue weighted by atomic mass is 16.2. The quantitative estimate of drug-likeness (QED) is 0.837. The van der Waals surface area contributed by atoms with E-state index in [-0.39, 0.29) is 11.9 Å². The average Bonchev–Trinajstić information content (AvgIpc) is 3.12. The number of hydrogen-bond donors (Lipinski definition) is 0. The number of nitrogens with zero attached hydrogens (tertiary/aromatic N) is 5. The van der Waals surface area contributed by atoms with Gasteiger partial charge in [-0.3, -0.25) is 14.6 Å². The Morgan fingerprint density at radius 1 is 1.12 bits per heavy atom. The molecule has 1 aromatic carbocycles. The largest absolute Gasteiger partial charge is 0.328 e. The highest BCUT2D eigenvalue weighted by Gasteiger charge is 2.54. The van der Waals surface area contributed by atoms with Gasteiger partial charge in [0, 0.05) is 31.2 Å². The van der Waals surface area contributed by atoms with Crippen molar-refractivity contribution in [2.45, 2.75) is 39.4 Å². The first-order valence-corrected chi connectivity index (χ1v) is 8.93. The van der Waals surface area contributed by atoms with Crippen molar-refractivity contribution in [3.05, 3.63) is 41.7 Å². The molecule has 0 radical (unpaired) electrons. The van der Waals surface area contributed by atoms with Gasteiger partial charge in [-0.05, 0) is 32.4 Å². The van der Waals surface area contributed by atoms with Crippen molar-refractivity contribution in [1.29, 1.82) is 0 Å². The van der Waals surface area contributed by atoms with Crippen molar-refractivity contribution in [1.82, 2.24) is 14.7 Å². The molecule has 1 fully saturated rings. The summed E-state index contributed by atoms with van der Waals surface area (Å²) >= 11 is 0. The molecule has 3 heterocycles. The van der Waals surface area contributed by atoms with E-state index >= 15 is 0 Å². The molecule has 0 spiro atoms. The van der Waals surface area contributed by atoms with Crippen molar-refractivity contribution in [3.63, 3.8) is 0 Å². The molecule has 26 heavy (non-hydrogen) atoms. The number of amides is 3. The Bertz CT molecular complexity index is 829. The van der Waals surface area contributed by atoms with Crippen LogP contribution in [-0.2, 0) is 4.79 Å². The van der Waals surface area contributed by atoms with Crippen molar-refractivity contribution < 1.29 is 9.59 Å². The second-order valence-electron chi connectivity index (χ2n) is 7.02. The van der Waals surface area contributed by atoms with Crippen LogP contribution in [0, 0.1) is 6.92 Å². The first kappa shape index (κ1) is 16.6. The van der Waals surface area contributed by atoms with Crippen LogP contribution in [0.4, 0.5) is 10.5 Å². The predicted molar refractivity (Wildman–Crippen MR) is 99.4 cm³/mol. The fourth-order valence-electron chi connectivity index (χ4n) is 3.80. The Labute approximate surface area is 153 Å². The van der Waals surface area contributed by atoms with E-state index in [1.165, 1.54) is 10.5 Å². The highest BCUT2D eigenvalue weighted by Crippen LogP contribution is 2.36. The molecule has 7 nitrogen and oxygen atoms in total. The number of carbonyl (C=O) groups is 2. The number of benzene rings is 1. The molecule has 0 aromatic heterocycles. The molecule has 7 heteroatoms. The summed E-state index contributed by atoms with van der Waals surface area (Å²) in [5.74, 6) is 0.529. The van der Waals surface area contributed by atoms with Gasteiger partial charge in [-0.2, -0.15) is 0 Å². The first-order chi connectivity index (χ1) is 12.4. The van der Waals surface area contributed by atoms with Gasteiger partial charge in [-0.1, -0.05) is 24.6 Å². The molecule has 2 atom stereocenters. The first-order valence-electron chi connectivity index (χ1n) is 8.93. The lowest BCUT2D eigenvalue weighted by Crippen LogP contribution is -2.64. The monoisotopic (exact) mass is 353 g/mol. The molecule has 0 aliphatic carbocycles. The van der Waals surface area contributed by atoms with Gasteiger partial charge in [0.15, 0.2) is 12.2 Å². The minimum atomic E-state index is -0.496. The van der Waals surface area contributed by atoms with Gasteiger partial charge >= 0.3 is 6.03 Å². The Hall–Kier alpha value is -2.83. The van der Waals surface area contributed by atoms with Crippen molar-refractivity contribution in [3.8, 4) is 0 Å². The molecular weight excluding hydrogens is 330 g/mol. The number of carbonyl (C=O) groups excluding carboxylic acids is 2. The zero-order valence-corrected chi connectivity index (χ0v) is 15.5. The van der Waals surface area contributed by atoms with E-state index < -0.39 is 12.2 Å². The Kier molecular flexibility index (Phi) is 3.75. The second-order valence-corrected chi connectivity index (χ2v) is 7.02. The number of aryl methyl sites for hydroxylation is 1. The Balaban J connectivity index is 1.72. The van der Waals surface area contributed by atoms with Crippen LogP contribution in [0.15, 0.2) is 41.2 Å². The number of fused-ring (bicyclic) bond motifs is 3. The normalized spacial score (nSPS) is 24.8. The number of urea groups is 1. The van der Waals surface area contributed by atoms with Crippen molar-refractivity contribution in [2.75, 3.05) is 18.5 Å².